The summed E-state index contributed by atoms with van der Waals surface area (Å²) in [5.41, 5.74) is 1.19. The van der Waals surface area contributed by atoms with Gasteiger partial charge in [-0.1, -0.05) is 48.5 Å². The average molecular weight is 428 g/mol. The lowest BCUT2D eigenvalue weighted by Crippen LogP contribution is -2.41. The fraction of sp³-hybridized carbons (Fsp3) is 0.227. The third-order valence-electron chi connectivity index (χ3n) is 4.54. The van der Waals surface area contributed by atoms with E-state index in [1.807, 2.05) is 30.3 Å². The van der Waals surface area contributed by atoms with Crippen molar-refractivity contribution in [1.29, 1.82) is 0 Å². The van der Waals surface area contributed by atoms with Gasteiger partial charge >= 0.3 is 0 Å². The van der Waals surface area contributed by atoms with Gasteiger partial charge in [-0.2, -0.15) is 0 Å². The summed E-state index contributed by atoms with van der Waals surface area (Å²) in [5.74, 6) is -1.41. The van der Waals surface area contributed by atoms with Crippen molar-refractivity contribution in [2.24, 2.45) is 0 Å². The molecule has 8 heteroatoms. The zero-order valence-corrected chi connectivity index (χ0v) is 16.9. The van der Waals surface area contributed by atoms with Gasteiger partial charge in [-0.15, -0.1) is 0 Å². The highest BCUT2D eigenvalue weighted by molar-refractivity contribution is 8.18. The van der Waals surface area contributed by atoms with E-state index in [0.717, 1.165) is 22.2 Å². The SMILES string of the molecule is O=C(CCN1C(=O)S/C(=C\c2ccccc2F)C1=O)NC(CO)Cc1ccccc1. The summed E-state index contributed by atoms with van der Waals surface area (Å²) < 4.78 is 13.8. The van der Waals surface area contributed by atoms with Gasteiger partial charge in [0, 0.05) is 18.5 Å². The number of aliphatic hydroxyl groups is 1. The minimum absolute atomic E-state index is 0.0870. The lowest BCUT2D eigenvalue weighted by Gasteiger charge is -2.18. The number of hydrogen-bond acceptors (Lipinski definition) is 5. The molecule has 0 saturated carbocycles. The highest BCUT2D eigenvalue weighted by Crippen LogP contribution is 2.32. The number of thioether (sulfide) groups is 1. The van der Waals surface area contributed by atoms with Crippen LogP contribution < -0.4 is 5.32 Å². The van der Waals surface area contributed by atoms with Crippen molar-refractivity contribution in [3.63, 3.8) is 0 Å². The standard InChI is InChI=1S/C22H21FN2O4S/c23-18-9-5-4-8-16(18)13-19-21(28)25(22(29)30-19)11-10-20(27)24-17(14-26)12-15-6-2-1-3-7-15/h1-9,13,17,26H,10-12,14H2,(H,24,27)/b19-13-. The van der Waals surface area contributed by atoms with Crippen molar-refractivity contribution >= 4 is 34.9 Å². The van der Waals surface area contributed by atoms with E-state index in [1.165, 1.54) is 24.3 Å². The first kappa shape index (κ1) is 21.7. The van der Waals surface area contributed by atoms with Crippen LogP contribution in [0.3, 0.4) is 0 Å². The molecule has 3 amide bonds. The minimum atomic E-state index is -0.552. The second kappa shape index (κ2) is 10.2. The molecular formula is C22H21FN2O4S. The number of aliphatic hydroxyl groups excluding tert-OH is 1. The van der Waals surface area contributed by atoms with E-state index < -0.39 is 23.0 Å². The van der Waals surface area contributed by atoms with Crippen molar-refractivity contribution in [2.45, 2.75) is 18.9 Å². The van der Waals surface area contributed by atoms with Crippen LogP contribution in [-0.2, 0) is 16.0 Å². The summed E-state index contributed by atoms with van der Waals surface area (Å²) >= 11 is 0.717. The Hall–Kier alpha value is -2.97. The quantitative estimate of drug-likeness (QED) is 0.632. The monoisotopic (exact) mass is 428 g/mol. The van der Waals surface area contributed by atoms with Gasteiger partial charge < -0.3 is 10.4 Å². The topological polar surface area (TPSA) is 86.7 Å². The largest absolute Gasteiger partial charge is 0.394 e. The molecule has 1 unspecified atom stereocenters. The first-order valence-corrected chi connectivity index (χ1v) is 10.2. The predicted octanol–water partition coefficient (Wildman–Crippen LogP) is 2.97. The molecule has 30 heavy (non-hydrogen) atoms. The van der Waals surface area contributed by atoms with E-state index in [0.29, 0.717) is 6.42 Å². The Morgan fingerprint density at radius 2 is 1.83 bits per heavy atom. The van der Waals surface area contributed by atoms with Gasteiger partial charge in [0.05, 0.1) is 17.6 Å². The number of imide groups is 1. The number of halogens is 1. The normalized spacial score (nSPS) is 16.2. The third-order valence-corrected chi connectivity index (χ3v) is 5.45. The van der Waals surface area contributed by atoms with Crippen molar-refractivity contribution in [1.82, 2.24) is 10.2 Å². The number of nitrogens with zero attached hydrogens (tertiary/aromatic N) is 1. The first-order chi connectivity index (χ1) is 14.5. The Kier molecular flexibility index (Phi) is 7.37. The Morgan fingerprint density at radius 1 is 1.13 bits per heavy atom. The maximum atomic E-state index is 13.8. The molecule has 2 N–H and O–H groups in total. The molecule has 0 bridgehead atoms. The molecule has 0 aliphatic carbocycles. The molecule has 0 aromatic heterocycles. The number of rotatable bonds is 8. The van der Waals surface area contributed by atoms with Crippen LogP contribution in [-0.4, -0.2) is 46.3 Å². The van der Waals surface area contributed by atoms with E-state index in [9.17, 15) is 23.9 Å². The van der Waals surface area contributed by atoms with Gasteiger partial charge in [0.2, 0.25) is 5.91 Å². The van der Waals surface area contributed by atoms with Crippen LogP contribution in [0.1, 0.15) is 17.5 Å². The number of benzene rings is 2. The maximum Gasteiger partial charge on any atom is 0.293 e. The van der Waals surface area contributed by atoms with E-state index >= 15 is 0 Å². The van der Waals surface area contributed by atoms with E-state index in [-0.39, 0.29) is 35.9 Å². The highest BCUT2D eigenvalue weighted by Gasteiger charge is 2.35. The average Bonchev–Trinajstić information content (AvgIpc) is 3.01. The second-order valence-corrected chi connectivity index (χ2v) is 7.73. The van der Waals surface area contributed by atoms with Crippen molar-refractivity contribution in [3.8, 4) is 0 Å². The van der Waals surface area contributed by atoms with Crippen LogP contribution in [0.2, 0.25) is 0 Å². The van der Waals surface area contributed by atoms with Gasteiger partial charge in [0.1, 0.15) is 5.82 Å². The first-order valence-electron chi connectivity index (χ1n) is 9.42. The second-order valence-electron chi connectivity index (χ2n) is 6.74. The van der Waals surface area contributed by atoms with Crippen molar-refractivity contribution in [3.05, 3.63) is 76.4 Å². The molecule has 2 aromatic carbocycles. The molecule has 0 radical (unpaired) electrons. The molecule has 1 saturated heterocycles. The molecule has 156 valence electrons. The van der Waals surface area contributed by atoms with E-state index in [2.05, 4.69) is 5.32 Å². The molecule has 1 aliphatic rings. The smallest absolute Gasteiger partial charge is 0.293 e. The molecule has 6 nitrogen and oxygen atoms in total. The summed E-state index contributed by atoms with van der Waals surface area (Å²) in [6, 6.07) is 14.9. The molecule has 2 aromatic rings. The highest BCUT2D eigenvalue weighted by atomic mass is 32.2. The van der Waals surface area contributed by atoms with E-state index in [1.54, 1.807) is 6.07 Å². The molecule has 1 heterocycles. The molecule has 0 spiro atoms. The van der Waals surface area contributed by atoms with Crippen LogP contribution in [0.25, 0.3) is 6.08 Å². The molecule has 1 aliphatic heterocycles. The lowest BCUT2D eigenvalue weighted by atomic mass is 10.1. The number of amides is 3. The van der Waals surface area contributed by atoms with Crippen molar-refractivity contribution in [2.75, 3.05) is 13.2 Å². The van der Waals surface area contributed by atoms with Gasteiger partial charge in [-0.3, -0.25) is 19.3 Å². The number of carbonyl (C=O) groups excluding carboxylic acids is 3. The fourth-order valence-corrected chi connectivity index (χ4v) is 3.86. The van der Waals surface area contributed by atoms with Crippen LogP contribution in [0.4, 0.5) is 9.18 Å². The summed E-state index contributed by atoms with van der Waals surface area (Å²) in [4.78, 5) is 38.0. The Balaban J connectivity index is 1.56. The van der Waals surface area contributed by atoms with Gasteiger partial charge in [-0.05, 0) is 35.9 Å². The Labute approximate surface area is 177 Å². The van der Waals surface area contributed by atoms with Crippen molar-refractivity contribution < 1.29 is 23.9 Å². The zero-order chi connectivity index (χ0) is 21.5. The zero-order valence-electron chi connectivity index (χ0n) is 16.1. The molecule has 1 atom stereocenters. The summed E-state index contributed by atoms with van der Waals surface area (Å²) in [7, 11) is 0. The maximum absolute atomic E-state index is 13.8. The molecular weight excluding hydrogens is 407 g/mol. The fourth-order valence-electron chi connectivity index (χ4n) is 3.00. The van der Waals surface area contributed by atoms with Gasteiger partial charge in [0.15, 0.2) is 0 Å². The number of nitrogens with one attached hydrogen (secondary N) is 1. The van der Waals surface area contributed by atoms with Crippen LogP contribution >= 0.6 is 11.8 Å². The van der Waals surface area contributed by atoms with Crippen LogP contribution in [0.5, 0.6) is 0 Å². The minimum Gasteiger partial charge on any atom is -0.394 e. The summed E-state index contributed by atoms with van der Waals surface area (Å²) in [5, 5.41) is 11.7. The summed E-state index contributed by atoms with van der Waals surface area (Å²) in [6.45, 7) is -0.317. The predicted molar refractivity (Wildman–Crippen MR) is 113 cm³/mol. The molecule has 1 fully saturated rings. The number of carbonyl (C=O) groups is 3. The van der Waals surface area contributed by atoms with Gasteiger partial charge in [0.25, 0.3) is 11.1 Å². The molecule has 3 rings (SSSR count). The summed E-state index contributed by atoms with van der Waals surface area (Å²) in [6.07, 6.45) is 1.72. The van der Waals surface area contributed by atoms with E-state index in [4.69, 9.17) is 0 Å². The van der Waals surface area contributed by atoms with Crippen LogP contribution in [0, 0.1) is 5.82 Å². The van der Waals surface area contributed by atoms with Gasteiger partial charge in [-0.25, -0.2) is 4.39 Å². The lowest BCUT2D eigenvalue weighted by molar-refractivity contribution is -0.124. The third kappa shape index (κ3) is 5.55. The van der Waals surface area contributed by atoms with Crippen LogP contribution in [0.15, 0.2) is 59.5 Å². The number of hydrogen-bond donors (Lipinski definition) is 2. The Bertz CT molecular complexity index is 965. The Morgan fingerprint density at radius 3 is 2.53 bits per heavy atom.